The molecule has 0 fully saturated rings. The fraction of sp³-hybridized carbons (Fsp3) is 0.200. The molecular weight excluding hydrogens is 229 g/mol. The minimum atomic E-state index is -0.744. The van der Waals surface area contributed by atoms with E-state index in [1.54, 1.807) is 0 Å². The SMILES string of the molecule is [AlH2][C]1=NN=[C]([AlH][c]2nn[c]([AlH2])o2)CO1. The number of hydrogen-bond acceptors (Lipinski definition) is 6. The third-order valence-electron chi connectivity index (χ3n) is 1.70. The molecule has 1 aliphatic heterocycles. The predicted octanol–water partition coefficient (Wildman–Crippen LogP) is -4.28. The van der Waals surface area contributed by atoms with Crippen LogP contribution in [-0.2, 0) is 4.74 Å². The molecule has 9 heteroatoms. The Hall–Kier alpha value is -0.123. The maximum absolute atomic E-state index is 5.34. The van der Waals surface area contributed by atoms with Gasteiger partial charge in [-0.2, -0.15) is 5.10 Å². The van der Waals surface area contributed by atoms with E-state index >= 15 is 0 Å². The average Bonchev–Trinajstić information content (AvgIpc) is 2.56. The minimum Gasteiger partial charge on any atom is -0.494 e. The van der Waals surface area contributed by atoms with Crippen molar-refractivity contribution in [2.45, 2.75) is 0 Å². The van der Waals surface area contributed by atoms with Gasteiger partial charge in [-0.3, -0.25) is 0 Å². The van der Waals surface area contributed by atoms with Gasteiger partial charge in [0.15, 0.2) is 0 Å². The Balaban J connectivity index is 2.05. The molecule has 0 saturated carbocycles. The first-order chi connectivity index (χ1) is 6.74. The Kier molecular flexibility index (Phi) is 3.41. The van der Waals surface area contributed by atoms with Crippen LogP contribution in [0.1, 0.15) is 0 Å². The maximum Gasteiger partial charge on any atom is 0.447 e. The zero-order valence-corrected chi connectivity index (χ0v) is 13.4. The van der Waals surface area contributed by atoms with Gasteiger partial charge in [-0.25, -0.2) is 0 Å². The lowest BCUT2D eigenvalue weighted by Crippen LogP contribution is -2.31. The number of ether oxygens (including phenoxy) is 1. The Morgan fingerprint density at radius 2 is 2.07 bits per heavy atom. The van der Waals surface area contributed by atoms with Crippen LogP contribution >= 0.6 is 0 Å². The molecule has 0 spiro atoms. The molecule has 0 unspecified atom stereocenters. The lowest BCUT2D eigenvalue weighted by molar-refractivity contribution is 0.368. The van der Waals surface area contributed by atoms with Gasteiger partial charge in [0.2, 0.25) is 0 Å². The van der Waals surface area contributed by atoms with Crippen molar-refractivity contribution in [3.8, 4) is 0 Å². The van der Waals surface area contributed by atoms with E-state index in [9.17, 15) is 0 Å². The van der Waals surface area contributed by atoms with Crippen LogP contribution in [0.15, 0.2) is 14.6 Å². The topological polar surface area (TPSA) is 72.9 Å². The van der Waals surface area contributed by atoms with Crippen molar-refractivity contribution in [3.05, 3.63) is 0 Å². The molecule has 2 rings (SSSR count). The number of hydrogen-bond donors (Lipinski definition) is 0. The molecule has 0 aliphatic carbocycles. The van der Waals surface area contributed by atoms with Crippen LogP contribution in [0.2, 0.25) is 0 Å². The van der Waals surface area contributed by atoms with Crippen LogP contribution in [-0.4, -0.2) is 73.9 Å². The normalized spacial score (nSPS) is 15.4. The Labute approximate surface area is 102 Å². The van der Waals surface area contributed by atoms with Crippen molar-refractivity contribution in [2.24, 2.45) is 10.2 Å². The largest absolute Gasteiger partial charge is 0.494 e. The Bertz CT molecular complexity index is 401. The Morgan fingerprint density at radius 3 is 2.64 bits per heavy atom. The first-order valence-electron chi connectivity index (χ1n) is 4.26. The van der Waals surface area contributed by atoms with Gasteiger partial charge in [-0.1, -0.05) is 0 Å². The van der Waals surface area contributed by atoms with Crippen LogP contribution in [0.5, 0.6) is 0 Å². The van der Waals surface area contributed by atoms with Gasteiger partial charge >= 0.3 is 47.8 Å². The third-order valence-corrected chi connectivity index (χ3v) is 3.94. The highest BCUT2D eigenvalue weighted by molar-refractivity contribution is 6.84. The monoisotopic (exact) mass is 236 g/mol. The van der Waals surface area contributed by atoms with E-state index in [2.05, 4.69) is 20.4 Å². The van der Waals surface area contributed by atoms with Crippen molar-refractivity contribution in [3.63, 3.8) is 0 Å². The van der Waals surface area contributed by atoms with Crippen LogP contribution in [0.4, 0.5) is 0 Å². The summed E-state index contributed by atoms with van der Waals surface area (Å²) in [6, 6.07) is 0. The van der Waals surface area contributed by atoms with Crippen molar-refractivity contribution in [1.29, 1.82) is 0 Å². The minimum absolute atomic E-state index is 0.549. The summed E-state index contributed by atoms with van der Waals surface area (Å²) >= 11 is 0.864. The van der Waals surface area contributed by atoms with Crippen molar-refractivity contribution < 1.29 is 9.15 Å². The highest BCUT2D eigenvalue weighted by Gasteiger charge is 2.15. The predicted molar refractivity (Wildman–Crippen MR) is 58.6 cm³/mol. The molecule has 0 amide bonds. The van der Waals surface area contributed by atoms with E-state index in [1.807, 2.05) is 0 Å². The molecule has 0 bridgehead atoms. The molecule has 0 atom stereocenters. The molecule has 1 aromatic rings. The molecule has 6 nitrogen and oxygen atoms in total. The van der Waals surface area contributed by atoms with Crippen LogP contribution in [0.3, 0.4) is 0 Å². The summed E-state index contributed by atoms with van der Waals surface area (Å²) in [5, 5.41) is 15.8. The van der Waals surface area contributed by atoms with E-state index in [1.165, 1.54) is 0 Å². The molecule has 0 saturated heterocycles. The molecule has 2 heterocycles. The third kappa shape index (κ3) is 2.69. The first-order valence-corrected chi connectivity index (χ1v) is 7.67. The van der Waals surface area contributed by atoms with Gasteiger partial charge in [0, 0.05) is 4.57 Å². The second-order valence-electron chi connectivity index (χ2n) is 2.97. The number of nitrogens with zero attached hydrogens (tertiary/aromatic N) is 4. The highest BCUT2D eigenvalue weighted by Crippen LogP contribution is 1.91. The second-order valence-corrected chi connectivity index (χ2v) is 6.45. The molecule has 68 valence electrons. The molecule has 0 N–H and O–H groups in total. The molecule has 1 aliphatic rings. The summed E-state index contributed by atoms with van der Waals surface area (Å²) in [5.74, 6) is 0. The second kappa shape index (κ2) is 4.60. The summed E-state index contributed by atoms with van der Waals surface area (Å²) in [7, 11) is 0. The molecular formula is C5H7Al3N4O2. The van der Waals surface area contributed by atoms with Gasteiger partial charge in [0.25, 0.3) is 0 Å². The summed E-state index contributed by atoms with van der Waals surface area (Å²) in [4.78, 5) is 0. The van der Waals surface area contributed by atoms with Crippen LogP contribution in [0, 0.1) is 0 Å². The Morgan fingerprint density at radius 1 is 1.21 bits per heavy atom. The van der Waals surface area contributed by atoms with Crippen molar-refractivity contribution in [2.75, 3.05) is 6.61 Å². The van der Waals surface area contributed by atoms with E-state index in [0.717, 1.165) is 51.4 Å². The summed E-state index contributed by atoms with van der Waals surface area (Å²) in [5.41, 5.74) is 0. The standard InChI is InChI=1S/C3H2N2O.C2N2O.3Al.5H/c1-2-6-3-5-4-1;1-3-4-2-5-1;;;;;;;;/h2H2;;;;;;;;;. The average molecular weight is 236 g/mol. The zero-order valence-electron chi connectivity index (χ0n) is 8.02. The number of aromatic nitrogens is 2. The van der Waals surface area contributed by atoms with Gasteiger partial charge in [-0.05, 0) is 0 Å². The van der Waals surface area contributed by atoms with E-state index < -0.39 is 15.2 Å². The summed E-state index contributed by atoms with van der Waals surface area (Å²) in [6.07, 6.45) is 0. The van der Waals surface area contributed by atoms with Gasteiger partial charge in [0.1, 0.15) is 20.9 Å². The molecule has 0 aromatic carbocycles. The number of rotatable bonds is 2. The van der Waals surface area contributed by atoms with E-state index in [4.69, 9.17) is 9.15 Å². The van der Waals surface area contributed by atoms with Crippen LogP contribution in [0.25, 0.3) is 0 Å². The maximum atomic E-state index is 5.34. The summed E-state index contributed by atoms with van der Waals surface area (Å²) < 4.78 is 13.8. The molecule has 0 radical (unpaired) electrons. The fourth-order valence-electron chi connectivity index (χ4n) is 1.06. The van der Waals surface area contributed by atoms with Gasteiger partial charge in [0.05, 0.1) is 0 Å². The van der Waals surface area contributed by atoms with Crippen molar-refractivity contribution >= 4 is 66.6 Å². The smallest absolute Gasteiger partial charge is 0.447 e. The van der Waals surface area contributed by atoms with Crippen LogP contribution < -0.4 is 9.51 Å². The molecule has 14 heavy (non-hydrogen) atoms. The van der Waals surface area contributed by atoms with Gasteiger partial charge < -0.3 is 9.15 Å². The van der Waals surface area contributed by atoms with E-state index in [-0.39, 0.29) is 0 Å². The summed E-state index contributed by atoms with van der Waals surface area (Å²) in [6.45, 7) is 0.549. The first kappa shape index (κ1) is 10.4. The van der Waals surface area contributed by atoms with Crippen molar-refractivity contribution in [1.82, 2.24) is 10.2 Å². The highest BCUT2D eigenvalue weighted by atomic mass is 27.1. The lowest BCUT2D eigenvalue weighted by Gasteiger charge is -2.10. The fourth-order valence-corrected chi connectivity index (χ4v) is 3.04. The quantitative estimate of drug-likeness (QED) is 0.487. The van der Waals surface area contributed by atoms with E-state index in [0.29, 0.717) is 6.61 Å². The zero-order chi connectivity index (χ0) is 9.97. The lowest BCUT2D eigenvalue weighted by atomic mass is 10.8. The molecule has 1 aromatic heterocycles. The van der Waals surface area contributed by atoms with Gasteiger partial charge in [-0.15, -0.1) is 15.3 Å².